The third kappa shape index (κ3) is 3.13. The van der Waals surface area contributed by atoms with Crippen LogP contribution in [0.2, 0.25) is 5.02 Å². The SMILES string of the molecule is O=C(NC1[C@H]2CC(O)(c3cc(Cl)cc4[nH]ncc34)C[C@@H]12)c1ccnc(C(F)(F)F)c1. The number of aliphatic hydroxyl groups is 1. The summed E-state index contributed by atoms with van der Waals surface area (Å²) in [5.41, 5.74) is -0.864. The summed E-state index contributed by atoms with van der Waals surface area (Å²) in [5.74, 6) is -0.488. The molecule has 1 aromatic carbocycles. The van der Waals surface area contributed by atoms with Crippen LogP contribution in [0.5, 0.6) is 0 Å². The molecule has 6 nitrogen and oxygen atoms in total. The smallest absolute Gasteiger partial charge is 0.385 e. The summed E-state index contributed by atoms with van der Waals surface area (Å²) >= 11 is 6.18. The molecule has 0 aliphatic heterocycles. The van der Waals surface area contributed by atoms with Crippen LogP contribution in [0.1, 0.15) is 34.5 Å². The molecule has 2 saturated carbocycles. The molecule has 10 heteroatoms. The molecule has 2 heterocycles. The molecule has 2 aromatic heterocycles. The summed E-state index contributed by atoms with van der Waals surface area (Å²) in [6.07, 6.45) is -1.15. The van der Waals surface area contributed by atoms with Crippen molar-refractivity contribution >= 4 is 28.4 Å². The van der Waals surface area contributed by atoms with Crippen LogP contribution in [0.3, 0.4) is 0 Å². The molecule has 2 aliphatic rings. The Balaban J connectivity index is 1.30. The zero-order valence-corrected chi connectivity index (χ0v) is 16.1. The lowest BCUT2D eigenvalue weighted by atomic mass is 9.86. The van der Waals surface area contributed by atoms with E-state index in [2.05, 4.69) is 20.5 Å². The summed E-state index contributed by atoms with van der Waals surface area (Å²) in [6, 6.07) is 5.28. The van der Waals surface area contributed by atoms with Gasteiger partial charge in [0.15, 0.2) is 0 Å². The second-order valence-corrected chi connectivity index (χ2v) is 8.42. The Morgan fingerprint density at radius 1 is 1.27 bits per heavy atom. The van der Waals surface area contributed by atoms with E-state index in [-0.39, 0.29) is 23.4 Å². The molecule has 30 heavy (non-hydrogen) atoms. The number of hydrogen-bond acceptors (Lipinski definition) is 4. The first kappa shape index (κ1) is 19.3. The highest BCUT2D eigenvalue weighted by Crippen LogP contribution is 2.60. The van der Waals surface area contributed by atoms with Gasteiger partial charge < -0.3 is 10.4 Å². The van der Waals surface area contributed by atoms with E-state index in [4.69, 9.17) is 11.6 Å². The van der Waals surface area contributed by atoms with Gasteiger partial charge in [-0.3, -0.25) is 14.9 Å². The van der Waals surface area contributed by atoms with Crippen LogP contribution >= 0.6 is 11.6 Å². The Morgan fingerprint density at radius 3 is 2.70 bits per heavy atom. The number of H-pyrrole nitrogens is 1. The summed E-state index contributed by atoms with van der Waals surface area (Å²) in [5, 5.41) is 22.2. The van der Waals surface area contributed by atoms with Crippen molar-refractivity contribution in [2.24, 2.45) is 11.8 Å². The van der Waals surface area contributed by atoms with Gasteiger partial charge in [0.2, 0.25) is 0 Å². The van der Waals surface area contributed by atoms with E-state index in [1.165, 1.54) is 6.07 Å². The number of nitrogens with zero attached hydrogens (tertiary/aromatic N) is 2. The van der Waals surface area contributed by atoms with Crippen molar-refractivity contribution in [2.45, 2.75) is 30.7 Å². The fourth-order valence-corrected chi connectivity index (χ4v) is 4.88. The minimum Gasteiger partial charge on any atom is -0.385 e. The molecule has 2 fully saturated rings. The van der Waals surface area contributed by atoms with E-state index >= 15 is 0 Å². The zero-order valence-electron chi connectivity index (χ0n) is 15.4. The monoisotopic (exact) mass is 436 g/mol. The number of benzene rings is 1. The summed E-state index contributed by atoms with van der Waals surface area (Å²) < 4.78 is 38.5. The molecule has 3 aromatic rings. The standard InChI is InChI=1S/C20H16ClF3N4O2/c21-10-4-14(13-8-26-28-15(13)5-10)19(30)6-11-12(7-19)17(11)27-18(29)9-1-2-25-16(3-9)20(22,23)24/h1-5,8,11-12,17,30H,6-7H2,(H,26,28)(H,27,29)/t11-,12+,17?,19?. The first-order valence-corrected chi connectivity index (χ1v) is 9.73. The molecular formula is C20H16ClF3N4O2. The van der Waals surface area contributed by atoms with Gasteiger partial charge in [0, 0.05) is 28.2 Å². The average Bonchev–Trinajstić information content (AvgIpc) is 3.03. The van der Waals surface area contributed by atoms with E-state index in [1.54, 1.807) is 18.3 Å². The molecule has 0 spiro atoms. The lowest BCUT2D eigenvalue weighted by molar-refractivity contribution is -0.141. The Labute approximate surface area is 173 Å². The van der Waals surface area contributed by atoms with Crippen LogP contribution < -0.4 is 5.32 Å². The van der Waals surface area contributed by atoms with E-state index in [0.717, 1.165) is 23.2 Å². The quantitative estimate of drug-likeness (QED) is 0.584. The van der Waals surface area contributed by atoms with Crippen LogP contribution in [0.25, 0.3) is 10.9 Å². The highest BCUT2D eigenvalue weighted by atomic mass is 35.5. The summed E-state index contributed by atoms with van der Waals surface area (Å²) in [4.78, 5) is 15.7. The van der Waals surface area contributed by atoms with Crippen molar-refractivity contribution < 1.29 is 23.1 Å². The van der Waals surface area contributed by atoms with Crippen LogP contribution in [-0.2, 0) is 11.8 Å². The molecule has 5 rings (SSSR count). The van der Waals surface area contributed by atoms with Gasteiger partial charge in [0.1, 0.15) is 5.69 Å². The molecular weight excluding hydrogens is 421 g/mol. The third-order valence-corrected chi connectivity index (χ3v) is 6.33. The molecule has 3 N–H and O–H groups in total. The minimum absolute atomic E-state index is 0.0452. The fourth-order valence-electron chi connectivity index (χ4n) is 4.66. The van der Waals surface area contributed by atoms with Crippen molar-refractivity contribution in [3.63, 3.8) is 0 Å². The normalized spacial score (nSPS) is 27.8. The zero-order chi connectivity index (χ0) is 21.3. The van der Waals surface area contributed by atoms with Gasteiger partial charge in [0.25, 0.3) is 5.91 Å². The molecule has 0 bridgehead atoms. The van der Waals surface area contributed by atoms with E-state index < -0.39 is 23.4 Å². The average molecular weight is 437 g/mol. The van der Waals surface area contributed by atoms with Gasteiger partial charge in [-0.1, -0.05) is 11.6 Å². The van der Waals surface area contributed by atoms with E-state index in [1.807, 2.05) is 0 Å². The number of rotatable bonds is 3. The number of hydrogen-bond donors (Lipinski definition) is 3. The maximum Gasteiger partial charge on any atom is 0.433 e. The van der Waals surface area contributed by atoms with E-state index in [0.29, 0.717) is 23.4 Å². The number of alkyl halides is 3. The predicted molar refractivity (Wildman–Crippen MR) is 102 cm³/mol. The lowest BCUT2D eigenvalue weighted by Gasteiger charge is -2.27. The third-order valence-electron chi connectivity index (χ3n) is 6.11. The van der Waals surface area contributed by atoms with Crippen molar-refractivity contribution in [1.29, 1.82) is 0 Å². The van der Waals surface area contributed by atoms with Gasteiger partial charge >= 0.3 is 6.18 Å². The number of carbonyl (C=O) groups is 1. The molecule has 156 valence electrons. The van der Waals surface area contributed by atoms with Gasteiger partial charge in [-0.05, 0) is 54.5 Å². The first-order valence-electron chi connectivity index (χ1n) is 9.35. The van der Waals surface area contributed by atoms with Gasteiger partial charge in [-0.2, -0.15) is 18.3 Å². The van der Waals surface area contributed by atoms with E-state index in [9.17, 15) is 23.1 Å². The number of halogens is 4. The number of aromatic nitrogens is 3. The maximum atomic E-state index is 12.8. The first-order chi connectivity index (χ1) is 14.2. The number of amides is 1. The number of pyridine rings is 1. The van der Waals surface area contributed by atoms with Crippen LogP contribution in [0.4, 0.5) is 13.2 Å². The molecule has 0 saturated heterocycles. The van der Waals surface area contributed by atoms with Gasteiger partial charge in [0.05, 0.1) is 17.3 Å². The van der Waals surface area contributed by atoms with Crippen molar-refractivity contribution in [3.05, 3.63) is 58.5 Å². The Bertz CT molecular complexity index is 1150. The second-order valence-electron chi connectivity index (χ2n) is 7.98. The maximum absolute atomic E-state index is 12.8. The molecule has 2 unspecified atom stereocenters. The second kappa shape index (κ2) is 6.42. The Hall–Kier alpha value is -2.65. The Morgan fingerprint density at radius 2 is 2.00 bits per heavy atom. The van der Waals surface area contributed by atoms with Gasteiger partial charge in [-0.25, -0.2) is 0 Å². The fraction of sp³-hybridized carbons (Fsp3) is 0.350. The van der Waals surface area contributed by atoms with Crippen LogP contribution in [0, 0.1) is 11.8 Å². The van der Waals surface area contributed by atoms with Crippen molar-refractivity contribution in [3.8, 4) is 0 Å². The predicted octanol–water partition coefficient (Wildman–Crippen LogP) is 3.66. The molecule has 0 radical (unpaired) electrons. The largest absolute Gasteiger partial charge is 0.433 e. The van der Waals surface area contributed by atoms with Crippen molar-refractivity contribution in [2.75, 3.05) is 0 Å². The number of fused-ring (bicyclic) bond motifs is 2. The number of aromatic amines is 1. The van der Waals surface area contributed by atoms with Crippen LogP contribution in [0.15, 0.2) is 36.7 Å². The summed E-state index contributed by atoms with van der Waals surface area (Å²) in [6.45, 7) is 0. The molecule has 4 atom stereocenters. The lowest BCUT2D eigenvalue weighted by Crippen LogP contribution is -2.33. The highest BCUT2D eigenvalue weighted by Gasteiger charge is 2.62. The molecule has 1 amide bonds. The molecule has 2 aliphatic carbocycles. The Kier molecular flexibility index (Phi) is 4.14. The number of carbonyl (C=O) groups excluding carboxylic acids is 1. The minimum atomic E-state index is -4.61. The van der Waals surface area contributed by atoms with Crippen LogP contribution in [-0.4, -0.2) is 32.2 Å². The highest BCUT2D eigenvalue weighted by molar-refractivity contribution is 6.31. The number of nitrogens with one attached hydrogen (secondary N) is 2. The topological polar surface area (TPSA) is 90.9 Å². The summed E-state index contributed by atoms with van der Waals surface area (Å²) in [7, 11) is 0. The van der Waals surface area contributed by atoms with Crippen molar-refractivity contribution in [1.82, 2.24) is 20.5 Å². The van der Waals surface area contributed by atoms with Gasteiger partial charge in [-0.15, -0.1) is 0 Å².